The van der Waals surface area contributed by atoms with Crippen molar-refractivity contribution in [3.63, 3.8) is 0 Å². The standard InChI is InChI=1S/C12H22N6S/c1-3-18(4-2)12-16-10(13)15-11(17-12)14-7-9-5-6-19-8-9/h9H,3-8H2,1-2H3,(H3,13,14,15,16,17). The maximum Gasteiger partial charge on any atom is 0.231 e. The minimum Gasteiger partial charge on any atom is -0.368 e. The van der Waals surface area contributed by atoms with E-state index < -0.39 is 0 Å². The van der Waals surface area contributed by atoms with Crippen LogP contribution >= 0.6 is 11.8 Å². The van der Waals surface area contributed by atoms with Crippen LogP contribution in [0.1, 0.15) is 20.3 Å². The zero-order valence-electron chi connectivity index (χ0n) is 11.6. The molecular formula is C12H22N6S. The van der Waals surface area contributed by atoms with Gasteiger partial charge in [0.05, 0.1) is 0 Å². The van der Waals surface area contributed by atoms with E-state index in [2.05, 4.69) is 39.0 Å². The van der Waals surface area contributed by atoms with Crippen molar-refractivity contribution in [3.05, 3.63) is 0 Å². The van der Waals surface area contributed by atoms with Gasteiger partial charge in [-0.1, -0.05) is 0 Å². The van der Waals surface area contributed by atoms with Crippen LogP contribution in [0, 0.1) is 5.92 Å². The number of anilines is 3. The number of nitrogens with one attached hydrogen (secondary N) is 1. The molecule has 106 valence electrons. The van der Waals surface area contributed by atoms with Crippen molar-refractivity contribution in [1.82, 2.24) is 15.0 Å². The lowest BCUT2D eigenvalue weighted by Crippen LogP contribution is -2.26. The summed E-state index contributed by atoms with van der Waals surface area (Å²) in [5, 5.41) is 3.29. The smallest absolute Gasteiger partial charge is 0.231 e. The van der Waals surface area contributed by atoms with Crippen LogP contribution in [-0.2, 0) is 0 Å². The molecule has 7 heteroatoms. The van der Waals surface area contributed by atoms with Gasteiger partial charge in [0.15, 0.2) is 0 Å². The summed E-state index contributed by atoms with van der Waals surface area (Å²) in [5.74, 6) is 4.71. The minimum absolute atomic E-state index is 0.278. The molecule has 3 N–H and O–H groups in total. The first-order chi connectivity index (χ1) is 9.22. The van der Waals surface area contributed by atoms with E-state index in [4.69, 9.17) is 5.73 Å². The highest BCUT2D eigenvalue weighted by Crippen LogP contribution is 2.23. The zero-order valence-corrected chi connectivity index (χ0v) is 12.4. The van der Waals surface area contributed by atoms with Crippen molar-refractivity contribution < 1.29 is 0 Å². The number of nitrogens with zero attached hydrogens (tertiary/aromatic N) is 4. The van der Waals surface area contributed by atoms with Gasteiger partial charge >= 0.3 is 0 Å². The number of thioether (sulfide) groups is 1. The van der Waals surface area contributed by atoms with Gasteiger partial charge in [0.1, 0.15) is 0 Å². The Morgan fingerprint density at radius 3 is 2.74 bits per heavy atom. The lowest BCUT2D eigenvalue weighted by Gasteiger charge is -2.19. The number of hydrogen-bond acceptors (Lipinski definition) is 7. The van der Waals surface area contributed by atoms with E-state index in [1.54, 1.807) is 0 Å². The summed E-state index contributed by atoms with van der Waals surface area (Å²) in [6.07, 6.45) is 1.27. The summed E-state index contributed by atoms with van der Waals surface area (Å²) in [6.45, 7) is 6.78. The SMILES string of the molecule is CCN(CC)c1nc(N)nc(NCC2CCSC2)n1. The molecule has 0 amide bonds. The van der Waals surface area contributed by atoms with Gasteiger partial charge < -0.3 is 16.0 Å². The Kier molecular flexibility index (Phi) is 5.07. The molecule has 1 aromatic heterocycles. The Morgan fingerprint density at radius 1 is 1.32 bits per heavy atom. The van der Waals surface area contributed by atoms with Crippen LogP contribution in [0.15, 0.2) is 0 Å². The maximum absolute atomic E-state index is 5.76. The molecule has 0 saturated carbocycles. The lowest BCUT2D eigenvalue weighted by atomic mass is 10.1. The molecule has 1 aromatic rings. The largest absolute Gasteiger partial charge is 0.368 e. The molecule has 1 atom stereocenters. The van der Waals surface area contributed by atoms with Crippen molar-refractivity contribution >= 4 is 29.6 Å². The molecule has 1 aliphatic rings. The Morgan fingerprint density at radius 2 is 2.11 bits per heavy atom. The van der Waals surface area contributed by atoms with Gasteiger partial charge in [0.25, 0.3) is 0 Å². The molecule has 0 aliphatic carbocycles. The predicted molar refractivity (Wildman–Crippen MR) is 81.7 cm³/mol. The van der Waals surface area contributed by atoms with E-state index in [1.807, 2.05) is 11.8 Å². The molecule has 1 unspecified atom stereocenters. The van der Waals surface area contributed by atoms with Crippen LogP contribution in [-0.4, -0.2) is 46.1 Å². The van der Waals surface area contributed by atoms with Gasteiger partial charge in [-0.15, -0.1) is 0 Å². The van der Waals surface area contributed by atoms with Crippen molar-refractivity contribution in [2.75, 3.05) is 47.1 Å². The molecule has 1 saturated heterocycles. The first-order valence-electron chi connectivity index (χ1n) is 6.81. The number of hydrogen-bond donors (Lipinski definition) is 2. The summed E-state index contributed by atoms with van der Waals surface area (Å²) in [7, 11) is 0. The second-order valence-corrected chi connectivity index (χ2v) is 5.75. The summed E-state index contributed by atoms with van der Waals surface area (Å²) in [6, 6.07) is 0. The van der Waals surface area contributed by atoms with Crippen LogP contribution in [0.5, 0.6) is 0 Å². The van der Waals surface area contributed by atoms with Crippen molar-refractivity contribution in [1.29, 1.82) is 0 Å². The fourth-order valence-electron chi connectivity index (χ4n) is 2.09. The molecule has 0 radical (unpaired) electrons. The second-order valence-electron chi connectivity index (χ2n) is 4.60. The third kappa shape index (κ3) is 3.86. The van der Waals surface area contributed by atoms with Gasteiger partial charge in [-0.3, -0.25) is 0 Å². The quantitative estimate of drug-likeness (QED) is 0.817. The molecule has 1 aliphatic heterocycles. The molecule has 6 nitrogen and oxygen atoms in total. The van der Waals surface area contributed by atoms with Crippen LogP contribution in [0.2, 0.25) is 0 Å². The summed E-state index contributed by atoms with van der Waals surface area (Å²) in [5.41, 5.74) is 5.76. The Labute approximate surface area is 118 Å². The van der Waals surface area contributed by atoms with E-state index >= 15 is 0 Å². The summed E-state index contributed by atoms with van der Waals surface area (Å²) >= 11 is 2.01. The number of nitrogens with two attached hydrogens (primary N) is 1. The third-order valence-corrected chi connectivity index (χ3v) is 4.49. The zero-order chi connectivity index (χ0) is 13.7. The van der Waals surface area contributed by atoms with E-state index in [0.29, 0.717) is 17.8 Å². The Balaban J connectivity index is 2.03. The van der Waals surface area contributed by atoms with Gasteiger partial charge in [-0.2, -0.15) is 26.7 Å². The minimum atomic E-state index is 0.278. The normalized spacial score (nSPS) is 18.5. The summed E-state index contributed by atoms with van der Waals surface area (Å²) in [4.78, 5) is 14.9. The second kappa shape index (κ2) is 6.79. The van der Waals surface area contributed by atoms with Gasteiger partial charge in [0, 0.05) is 19.6 Å². The highest BCUT2D eigenvalue weighted by atomic mass is 32.2. The molecule has 0 bridgehead atoms. The summed E-state index contributed by atoms with van der Waals surface area (Å²) < 4.78 is 0. The van der Waals surface area contributed by atoms with Crippen molar-refractivity contribution in [3.8, 4) is 0 Å². The predicted octanol–water partition coefficient (Wildman–Crippen LogP) is 1.46. The van der Waals surface area contributed by atoms with Crippen LogP contribution in [0.4, 0.5) is 17.8 Å². The van der Waals surface area contributed by atoms with Crippen LogP contribution in [0.25, 0.3) is 0 Å². The van der Waals surface area contributed by atoms with Gasteiger partial charge in [0.2, 0.25) is 17.8 Å². The fraction of sp³-hybridized carbons (Fsp3) is 0.750. The third-order valence-electron chi connectivity index (χ3n) is 3.26. The first kappa shape index (κ1) is 14.2. The number of aromatic nitrogens is 3. The maximum atomic E-state index is 5.76. The number of nitrogen functional groups attached to an aromatic ring is 1. The van der Waals surface area contributed by atoms with E-state index in [0.717, 1.165) is 19.6 Å². The van der Waals surface area contributed by atoms with Crippen LogP contribution in [0.3, 0.4) is 0 Å². The molecule has 1 fully saturated rings. The van der Waals surface area contributed by atoms with Gasteiger partial charge in [-0.05, 0) is 37.7 Å². The van der Waals surface area contributed by atoms with Crippen LogP contribution < -0.4 is 16.0 Å². The van der Waals surface area contributed by atoms with E-state index in [9.17, 15) is 0 Å². The monoisotopic (exact) mass is 282 g/mol. The number of rotatable bonds is 6. The fourth-order valence-corrected chi connectivity index (χ4v) is 3.37. The Hall–Kier alpha value is -1.24. The van der Waals surface area contributed by atoms with Crippen molar-refractivity contribution in [2.24, 2.45) is 5.92 Å². The molecule has 19 heavy (non-hydrogen) atoms. The highest BCUT2D eigenvalue weighted by Gasteiger charge is 2.16. The average molecular weight is 282 g/mol. The Bertz CT molecular complexity index is 403. The van der Waals surface area contributed by atoms with Crippen molar-refractivity contribution in [2.45, 2.75) is 20.3 Å². The topological polar surface area (TPSA) is 80.0 Å². The molecule has 0 aromatic carbocycles. The average Bonchev–Trinajstić information content (AvgIpc) is 2.90. The molecular weight excluding hydrogens is 260 g/mol. The highest BCUT2D eigenvalue weighted by molar-refractivity contribution is 7.99. The van der Waals surface area contributed by atoms with E-state index in [-0.39, 0.29) is 5.95 Å². The first-order valence-corrected chi connectivity index (χ1v) is 7.96. The molecule has 0 spiro atoms. The van der Waals surface area contributed by atoms with Gasteiger partial charge in [-0.25, -0.2) is 0 Å². The molecule has 2 rings (SSSR count). The molecule has 2 heterocycles. The van der Waals surface area contributed by atoms with E-state index in [1.165, 1.54) is 17.9 Å². The lowest BCUT2D eigenvalue weighted by molar-refractivity contribution is 0.628.